The van der Waals surface area contributed by atoms with Gasteiger partial charge in [0.15, 0.2) is 6.29 Å². The van der Waals surface area contributed by atoms with Crippen LogP contribution in [0.4, 0.5) is 0 Å². The molecule has 0 aliphatic carbocycles. The zero-order valence-corrected chi connectivity index (χ0v) is 18.4. The molecule has 1 unspecified atom stereocenters. The van der Waals surface area contributed by atoms with E-state index in [1.54, 1.807) is 14.2 Å². The molecular weight excluding hydrogens is 382 g/mol. The number of hydrogen-bond acceptors (Lipinski definition) is 6. The molecule has 1 aliphatic rings. The lowest BCUT2D eigenvalue weighted by Crippen LogP contribution is -2.44. The minimum Gasteiger partial charge on any atom is -0.441 e. The summed E-state index contributed by atoms with van der Waals surface area (Å²) < 4.78 is 16.2. The molecule has 0 spiro atoms. The number of amides is 1. The fourth-order valence-corrected chi connectivity index (χ4v) is 3.80. The summed E-state index contributed by atoms with van der Waals surface area (Å²) in [5.41, 5.74) is 3.22. The lowest BCUT2D eigenvalue weighted by atomic mass is 9.97. The molecule has 1 amide bonds. The van der Waals surface area contributed by atoms with E-state index in [0.717, 1.165) is 42.8 Å². The maximum Gasteiger partial charge on any atom is 0.226 e. The lowest BCUT2D eigenvalue weighted by Gasteiger charge is -2.31. The van der Waals surface area contributed by atoms with Gasteiger partial charge in [0.05, 0.1) is 18.2 Å². The van der Waals surface area contributed by atoms with E-state index in [1.165, 1.54) is 5.56 Å². The largest absolute Gasteiger partial charge is 0.441 e. The van der Waals surface area contributed by atoms with Gasteiger partial charge >= 0.3 is 0 Å². The molecule has 1 aromatic carbocycles. The minimum atomic E-state index is -0.420. The Kier molecular flexibility index (Phi) is 8.01. The summed E-state index contributed by atoms with van der Waals surface area (Å²) in [6.07, 6.45) is 2.46. The highest BCUT2D eigenvalue weighted by Crippen LogP contribution is 2.25. The highest BCUT2D eigenvalue weighted by Gasteiger charge is 2.27. The van der Waals surface area contributed by atoms with Gasteiger partial charge in [-0.25, -0.2) is 4.98 Å². The minimum absolute atomic E-state index is 0.0404. The number of carbonyl (C=O) groups excluding carboxylic acids is 1. The van der Waals surface area contributed by atoms with Gasteiger partial charge < -0.3 is 19.2 Å². The van der Waals surface area contributed by atoms with Crippen molar-refractivity contribution >= 4 is 5.91 Å². The smallest absolute Gasteiger partial charge is 0.226 e. The highest BCUT2D eigenvalue weighted by molar-refractivity contribution is 5.79. The van der Waals surface area contributed by atoms with E-state index in [1.807, 2.05) is 6.92 Å². The Morgan fingerprint density at radius 1 is 1.30 bits per heavy atom. The van der Waals surface area contributed by atoms with Crippen LogP contribution in [0.1, 0.15) is 36.8 Å². The number of nitrogens with zero attached hydrogens (tertiary/aromatic N) is 2. The number of carbonyl (C=O) groups is 1. The Bertz CT molecular complexity index is 814. The van der Waals surface area contributed by atoms with Crippen molar-refractivity contribution in [2.24, 2.45) is 5.92 Å². The van der Waals surface area contributed by atoms with Crippen LogP contribution in [0.2, 0.25) is 0 Å². The van der Waals surface area contributed by atoms with Crippen LogP contribution in [-0.2, 0) is 27.2 Å². The molecule has 2 aromatic rings. The maximum atomic E-state index is 12.6. The molecule has 1 aromatic heterocycles. The molecule has 7 heteroatoms. The van der Waals surface area contributed by atoms with Gasteiger partial charge in [-0.3, -0.25) is 9.69 Å². The fraction of sp³-hybridized carbons (Fsp3) is 0.565. The average Bonchev–Trinajstić information content (AvgIpc) is 3.14. The van der Waals surface area contributed by atoms with Crippen molar-refractivity contribution in [2.45, 2.75) is 45.9 Å². The molecule has 0 bridgehead atoms. The number of methoxy groups -OCH3 is 2. The van der Waals surface area contributed by atoms with Crippen molar-refractivity contribution in [3.8, 4) is 11.5 Å². The fourth-order valence-electron chi connectivity index (χ4n) is 3.80. The van der Waals surface area contributed by atoms with Crippen LogP contribution in [-0.4, -0.2) is 55.9 Å². The number of ether oxygens (including phenoxy) is 2. The first-order valence-electron chi connectivity index (χ1n) is 10.6. The number of oxazole rings is 1. The maximum absolute atomic E-state index is 12.6. The first kappa shape index (κ1) is 22.5. The SMILES string of the molecule is CCc1ccc(-c2nc(CN3CCCC(C(=O)NCC(OC)OC)C3)c(C)o2)cc1. The van der Waals surface area contributed by atoms with Gasteiger partial charge in [-0.2, -0.15) is 0 Å². The number of likely N-dealkylation sites (tertiary alicyclic amines) is 1. The molecule has 164 valence electrons. The Labute approximate surface area is 178 Å². The molecule has 0 radical (unpaired) electrons. The Morgan fingerprint density at radius 3 is 2.70 bits per heavy atom. The zero-order valence-electron chi connectivity index (χ0n) is 18.4. The Hall–Kier alpha value is -2.22. The molecule has 1 aliphatic heterocycles. The summed E-state index contributed by atoms with van der Waals surface area (Å²) in [7, 11) is 3.13. The third-order valence-electron chi connectivity index (χ3n) is 5.72. The van der Waals surface area contributed by atoms with E-state index in [0.29, 0.717) is 25.5 Å². The molecule has 3 rings (SSSR count). The monoisotopic (exact) mass is 415 g/mol. The van der Waals surface area contributed by atoms with Gasteiger partial charge in [-0.1, -0.05) is 19.1 Å². The number of aryl methyl sites for hydroxylation is 2. The van der Waals surface area contributed by atoms with Gasteiger partial charge in [0.1, 0.15) is 5.76 Å². The molecule has 0 saturated carbocycles. The van der Waals surface area contributed by atoms with Gasteiger partial charge in [-0.05, 0) is 50.4 Å². The highest BCUT2D eigenvalue weighted by atomic mass is 16.7. The molecule has 2 heterocycles. The van der Waals surface area contributed by atoms with Crippen molar-refractivity contribution in [3.05, 3.63) is 41.3 Å². The summed E-state index contributed by atoms with van der Waals surface area (Å²) in [5.74, 6) is 1.49. The van der Waals surface area contributed by atoms with Crippen LogP contribution in [0.15, 0.2) is 28.7 Å². The first-order chi connectivity index (χ1) is 14.5. The summed E-state index contributed by atoms with van der Waals surface area (Å²) in [5, 5.41) is 2.94. The van der Waals surface area contributed by atoms with E-state index in [-0.39, 0.29) is 11.8 Å². The Balaban J connectivity index is 1.59. The lowest BCUT2D eigenvalue weighted by molar-refractivity contribution is -0.132. The van der Waals surface area contributed by atoms with E-state index < -0.39 is 6.29 Å². The molecule has 1 fully saturated rings. The van der Waals surface area contributed by atoms with Crippen LogP contribution in [0, 0.1) is 12.8 Å². The normalized spacial score (nSPS) is 17.4. The van der Waals surface area contributed by atoms with Crippen LogP contribution in [0.5, 0.6) is 0 Å². The number of piperidine rings is 1. The molecule has 1 saturated heterocycles. The summed E-state index contributed by atoms with van der Waals surface area (Å²) >= 11 is 0. The number of aromatic nitrogens is 1. The number of rotatable bonds is 9. The van der Waals surface area contributed by atoms with Gasteiger partial charge in [0.2, 0.25) is 11.8 Å². The van der Waals surface area contributed by atoms with Crippen LogP contribution >= 0.6 is 0 Å². The topological polar surface area (TPSA) is 76.8 Å². The van der Waals surface area contributed by atoms with E-state index in [2.05, 4.69) is 41.4 Å². The van der Waals surface area contributed by atoms with Gasteiger partial charge in [0.25, 0.3) is 0 Å². The molecular formula is C23H33N3O4. The number of hydrogen-bond donors (Lipinski definition) is 1. The second kappa shape index (κ2) is 10.7. The number of nitrogens with one attached hydrogen (secondary N) is 1. The molecule has 1 atom stereocenters. The van der Waals surface area contributed by atoms with Gasteiger partial charge in [-0.15, -0.1) is 0 Å². The predicted octanol–water partition coefficient (Wildman–Crippen LogP) is 3.16. The summed E-state index contributed by atoms with van der Waals surface area (Å²) in [4.78, 5) is 19.6. The van der Waals surface area contributed by atoms with Crippen LogP contribution < -0.4 is 5.32 Å². The summed E-state index contributed by atoms with van der Waals surface area (Å²) in [6, 6.07) is 8.34. The second-order valence-electron chi connectivity index (χ2n) is 7.79. The average molecular weight is 416 g/mol. The zero-order chi connectivity index (χ0) is 21.5. The third kappa shape index (κ3) is 5.68. The van der Waals surface area contributed by atoms with Crippen molar-refractivity contribution < 1.29 is 18.7 Å². The standard InChI is InChI=1S/C23H33N3O4/c1-5-17-8-10-18(11-9-17)23-25-20(16(2)30-23)15-26-12-6-7-19(14-26)22(27)24-13-21(28-3)29-4/h8-11,19,21H,5-7,12-15H2,1-4H3,(H,24,27). The van der Waals surface area contributed by atoms with Gasteiger partial charge in [0, 0.05) is 32.9 Å². The number of benzene rings is 1. The quantitative estimate of drug-likeness (QED) is 0.634. The second-order valence-corrected chi connectivity index (χ2v) is 7.79. The van der Waals surface area contributed by atoms with E-state index >= 15 is 0 Å². The van der Waals surface area contributed by atoms with Crippen molar-refractivity contribution in [1.29, 1.82) is 0 Å². The third-order valence-corrected chi connectivity index (χ3v) is 5.72. The Morgan fingerprint density at radius 2 is 2.03 bits per heavy atom. The van der Waals surface area contributed by atoms with Crippen molar-refractivity contribution in [2.75, 3.05) is 33.9 Å². The van der Waals surface area contributed by atoms with E-state index in [9.17, 15) is 4.79 Å². The van der Waals surface area contributed by atoms with Crippen LogP contribution in [0.3, 0.4) is 0 Å². The molecule has 30 heavy (non-hydrogen) atoms. The van der Waals surface area contributed by atoms with Crippen molar-refractivity contribution in [3.63, 3.8) is 0 Å². The van der Waals surface area contributed by atoms with E-state index in [4.69, 9.17) is 18.9 Å². The van der Waals surface area contributed by atoms with Crippen molar-refractivity contribution in [1.82, 2.24) is 15.2 Å². The van der Waals surface area contributed by atoms with Crippen LogP contribution in [0.25, 0.3) is 11.5 Å². The summed E-state index contributed by atoms with van der Waals surface area (Å²) in [6.45, 7) is 6.80. The molecule has 7 nitrogen and oxygen atoms in total. The first-order valence-corrected chi connectivity index (χ1v) is 10.6. The molecule has 1 N–H and O–H groups in total. The predicted molar refractivity (Wildman–Crippen MR) is 115 cm³/mol.